The highest BCUT2D eigenvalue weighted by Crippen LogP contribution is 2.32. The van der Waals surface area contributed by atoms with E-state index in [2.05, 4.69) is 25.8 Å². The molecular formula is C14H19ClN2O. The van der Waals surface area contributed by atoms with Gasteiger partial charge in [-0.3, -0.25) is 0 Å². The molecule has 0 aliphatic rings. The summed E-state index contributed by atoms with van der Waals surface area (Å²) in [7, 11) is 0. The minimum atomic E-state index is 0.149. The van der Waals surface area contributed by atoms with Gasteiger partial charge >= 0.3 is 0 Å². The Morgan fingerprint density at radius 2 is 2.11 bits per heavy atom. The lowest BCUT2D eigenvalue weighted by molar-refractivity contribution is 0.314. The fourth-order valence-corrected chi connectivity index (χ4v) is 2.27. The second kappa shape index (κ2) is 4.90. The van der Waals surface area contributed by atoms with E-state index in [1.165, 1.54) is 0 Å². The smallest absolute Gasteiger partial charge is 0.199 e. The van der Waals surface area contributed by atoms with Crippen LogP contribution in [0.25, 0.3) is 11.1 Å². The summed E-state index contributed by atoms with van der Waals surface area (Å²) in [5, 5.41) is 0.669. The minimum absolute atomic E-state index is 0.149. The second-order valence-corrected chi connectivity index (χ2v) is 6.30. The molecule has 0 spiro atoms. The van der Waals surface area contributed by atoms with Gasteiger partial charge in [0.15, 0.2) is 11.5 Å². The number of aromatic nitrogens is 1. The predicted molar refractivity (Wildman–Crippen MR) is 74.9 cm³/mol. The zero-order valence-corrected chi connectivity index (χ0v) is 11.8. The quantitative estimate of drug-likeness (QED) is 0.915. The van der Waals surface area contributed by atoms with E-state index in [0.29, 0.717) is 17.5 Å². The first kappa shape index (κ1) is 13.4. The second-order valence-electron chi connectivity index (χ2n) is 5.86. The molecule has 0 aliphatic carbocycles. The first-order valence-corrected chi connectivity index (χ1v) is 6.53. The molecule has 18 heavy (non-hydrogen) atoms. The van der Waals surface area contributed by atoms with Crippen molar-refractivity contribution >= 4 is 22.7 Å². The summed E-state index contributed by atoms with van der Waals surface area (Å²) in [4.78, 5) is 4.50. The summed E-state index contributed by atoms with van der Waals surface area (Å²) in [6.07, 6.45) is 0.948. The van der Waals surface area contributed by atoms with Crippen molar-refractivity contribution in [2.24, 2.45) is 11.1 Å². The van der Waals surface area contributed by atoms with Gasteiger partial charge in [-0.15, -0.1) is 0 Å². The lowest BCUT2D eigenvalue weighted by atomic mass is 9.84. The lowest BCUT2D eigenvalue weighted by Crippen LogP contribution is -2.19. The van der Waals surface area contributed by atoms with Crippen LogP contribution >= 0.6 is 11.6 Å². The average Bonchev–Trinajstić information content (AvgIpc) is 2.67. The van der Waals surface area contributed by atoms with E-state index in [1.807, 2.05) is 12.1 Å². The van der Waals surface area contributed by atoms with Crippen LogP contribution in [0.1, 0.15) is 39.0 Å². The third-order valence-corrected chi connectivity index (χ3v) is 3.09. The molecule has 0 fully saturated rings. The number of benzene rings is 1. The van der Waals surface area contributed by atoms with Crippen LogP contribution in [0.15, 0.2) is 22.6 Å². The van der Waals surface area contributed by atoms with Crippen LogP contribution in [0.5, 0.6) is 0 Å². The van der Waals surface area contributed by atoms with Crippen LogP contribution in [-0.4, -0.2) is 11.5 Å². The van der Waals surface area contributed by atoms with Crippen LogP contribution in [0.4, 0.5) is 0 Å². The number of fused-ring (bicyclic) bond motifs is 1. The molecule has 3 nitrogen and oxygen atoms in total. The topological polar surface area (TPSA) is 52.0 Å². The highest BCUT2D eigenvalue weighted by molar-refractivity contribution is 6.31. The van der Waals surface area contributed by atoms with Crippen LogP contribution < -0.4 is 5.73 Å². The Bertz CT molecular complexity index is 542. The van der Waals surface area contributed by atoms with Crippen LogP contribution in [0.3, 0.4) is 0 Å². The molecule has 1 aromatic heterocycles. The Morgan fingerprint density at radius 3 is 2.72 bits per heavy atom. The molecule has 4 heteroatoms. The number of nitrogens with zero attached hydrogens (tertiary/aromatic N) is 1. The maximum atomic E-state index is 5.94. The maximum Gasteiger partial charge on any atom is 0.199 e. The predicted octanol–water partition coefficient (Wildman–Crippen LogP) is 3.96. The molecule has 2 N–H and O–H groups in total. The van der Waals surface area contributed by atoms with Crippen molar-refractivity contribution < 1.29 is 4.42 Å². The molecule has 2 rings (SSSR count). The summed E-state index contributed by atoms with van der Waals surface area (Å²) in [6.45, 7) is 7.11. The van der Waals surface area contributed by atoms with Gasteiger partial charge in [-0.1, -0.05) is 32.4 Å². The fourth-order valence-electron chi connectivity index (χ4n) is 2.10. The van der Waals surface area contributed by atoms with Gasteiger partial charge in [-0.2, -0.15) is 0 Å². The number of hydrogen-bond acceptors (Lipinski definition) is 3. The summed E-state index contributed by atoms with van der Waals surface area (Å²) in [5.41, 5.74) is 7.60. The van der Waals surface area contributed by atoms with Gasteiger partial charge in [0.1, 0.15) is 5.52 Å². The zero-order valence-electron chi connectivity index (χ0n) is 11.0. The Hall–Kier alpha value is -1.06. The third-order valence-electron chi connectivity index (χ3n) is 2.86. The van der Waals surface area contributed by atoms with E-state index >= 15 is 0 Å². The Kier molecular flexibility index (Phi) is 3.64. The molecule has 1 atom stereocenters. The largest absolute Gasteiger partial charge is 0.440 e. The van der Waals surface area contributed by atoms with Crippen LogP contribution in [0, 0.1) is 5.41 Å². The van der Waals surface area contributed by atoms with Crippen molar-refractivity contribution in [2.45, 2.75) is 33.1 Å². The molecule has 0 aliphatic heterocycles. The summed E-state index contributed by atoms with van der Waals surface area (Å²) < 4.78 is 5.77. The van der Waals surface area contributed by atoms with Gasteiger partial charge in [0.05, 0.1) is 0 Å². The molecule has 2 aromatic rings. The van der Waals surface area contributed by atoms with E-state index in [0.717, 1.165) is 17.5 Å². The number of halogens is 1. The number of nitrogens with two attached hydrogens (primary N) is 1. The van der Waals surface area contributed by atoms with Crippen LogP contribution in [0.2, 0.25) is 5.02 Å². The van der Waals surface area contributed by atoms with Crippen molar-refractivity contribution in [3.8, 4) is 0 Å². The fraction of sp³-hybridized carbons (Fsp3) is 0.500. The standard InChI is InChI=1S/C14H19ClN2O/c1-14(2,3)7-9(8-16)13-17-11-6-10(15)4-5-12(11)18-13/h4-6,9H,7-8,16H2,1-3H3. The number of oxazole rings is 1. The van der Waals surface area contributed by atoms with Crippen molar-refractivity contribution in [2.75, 3.05) is 6.54 Å². The molecule has 0 saturated heterocycles. The van der Waals surface area contributed by atoms with Gasteiger partial charge in [0.25, 0.3) is 0 Å². The highest BCUT2D eigenvalue weighted by Gasteiger charge is 2.23. The molecule has 0 amide bonds. The first-order valence-electron chi connectivity index (χ1n) is 6.15. The van der Waals surface area contributed by atoms with E-state index in [4.69, 9.17) is 21.8 Å². The van der Waals surface area contributed by atoms with Gasteiger partial charge in [0.2, 0.25) is 0 Å². The van der Waals surface area contributed by atoms with Gasteiger partial charge in [0, 0.05) is 17.5 Å². The summed E-state index contributed by atoms with van der Waals surface area (Å²) in [5.74, 6) is 0.862. The summed E-state index contributed by atoms with van der Waals surface area (Å²) >= 11 is 5.94. The van der Waals surface area contributed by atoms with Crippen molar-refractivity contribution in [3.05, 3.63) is 29.1 Å². The Labute approximate surface area is 112 Å². The SMILES string of the molecule is CC(C)(C)CC(CN)c1nc2cc(Cl)ccc2o1. The molecule has 98 valence electrons. The minimum Gasteiger partial charge on any atom is -0.440 e. The van der Waals surface area contributed by atoms with Gasteiger partial charge in [-0.25, -0.2) is 4.98 Å². The maximum absolute atomic E-state index is 5.94. The van der Waals surface area contributed by atoms with Crippen molar-refractivity contribution in [1.82, 2.24) is 4.98 Å². The van der Waals surface area contributed by atoms with Crippen molar-refractivity contribution in [1.29, 1.82) is 0 Å². The lowest BCUT2D eigenvalue weighted by Gasteiger charge is -2.22. The third kappa shape index (κ3) is 3.03. The van der Waals surface area contributed by atoms with E-state index in [9.17, 15) is 0 Å². The summed E-state index contributed by atoms with van der Waals surface area (Å²) in [6, 6.07) is 5.47. The number of rotatable bonds is 3. The molecule has 1 aromatic carbocycles. The van der Waals surface area contributed by atoms with E-state index in [1.54, 1.807) is 6.07 Å². The molecular weight excluding hydrogens is 248 g/mol. The monoisotopic (exact) mass is 266 g/mol. The first-order chi connectivity index (χ1) is 8.39. The van der Waals surface area contributed by atoms with E-state index < -0.39 is 0 Å². The van der Waals surface area contributed by atoms with E-state index in [-0.39, 0.29) is 11.3 Å². The van der Waals surface area contributed by atoms with Gasteiger partial charge < -0.3 is 10.2 Å². The molecule has 0 radical (unpaired) electrons. The highest BCUT2D eigenvalue weighted by atomic mass is 35.5. The molecule has 1 heterocycles. The zero-order chi connectivity index (χ0) is 13.3. The molecule has 0 saturated carbocycles. The molecule has 1 unspecified atom stereocenters. The molecule has 0 bridgehead atoms. The van der Waals surface area contributed by atoms with Crippen LogP contribution in [-0.2, 0) is 0 Å². The van der Waals surface area contributed by atoms with Gasteiger partial charge in [-0.05, 0) is 30.0 Å². The Morgan fingerprint density at radius 1 is 1.39 bits per heavy atom. The normalized spacial score (nSPS) is 14.1. The Balaban J connectivity index is 2.34. The average molecular weight is 267 g/mol. The van der Waals surface area contributed by atoms with Crippen molar-refractivity contribution in [3.63, 3.8) is 0 Å². The number of hydrogen-bond donors (Lipinski definition) is 1.